The number of methoxy groups -OCH3 is 4. The first-order valence-electron chi connectivity index (χ1n) is 5.10. The minimum atomic E-state index is -0.538. The SMILES string of the molecule is COC(=O)c1c(CCl)cc(OC)c(OC)c1OC. The van der Waals surface area contributed by atoms with Crippen molar-refractivity contribution < 1.29 is 23.7 Å². The van der Waals surface area contributed by atoms with Gasteiger partial charge in [-0.25, -0.2) is 4.79 Å². The number of alkyl halides is 1. The van der Waals surface area contributed by atoms with Crippen LogP contribution in [0.2, 0.25) is 0 Å². The average Bonchev–Trinajstić information content (AvgIpc) is 2.43. The highest BCUT2D eigenvalue weighted by molar-refractivity contribution is 6.18. The number of hydrogen-bond donors (Lipinski definition) is 0. The number of halogens is 1. The molecule has 0 aromatic heterocycles. The van der Waals surface area contributed by atoms with Crippen LogP contribution in [-0.4, -0.2) is 34.4 Å². The lowest BCUT2D eigenvalue weighted by Gasteiger charge is -2.17. The lowest BCUT2D eigenvalue weighted by atomic mass is 10.1. The van der Waals surface area contributed by atoms with Crippen molar-refractivity contribution in [3.63, 3.8) is 0 Å². The van der Waals surface area contributed by atoms with Gasteiger partial charge >= 0.3 is 5.97 Å². The summed E-state index contributed by atoms with van der Waals surface area (Å²) in [6.07, 6.45) is 0. The Bertz CT molecular complexity index is 445. The van der Waals surface area contributed by atoms with Gasteiger partial charge in [0.25, 0.3) is 0 Å². The van der Waals surface area contributed by atoms with Crippen molar-refractivity contribution in [1.29, 1.82) is 0 Å². The fourth-order valence-electron chi connectivity index (χ4n) is 1.64. The van der Waals surface area contributed by atoms with E-state index < -0.39 is 5.97 Å². The molecule has 0 aliphatic carbocycles. The Hall–Kier alpha value is -1.62. The third kappa shape index (κ3) is 2.46. The molecule has 0 aliphatic heterocycles. The maximum Gasteiger partial charge on any atom is 0.342 e. The number of rotatable bonds is 5. The van der Waals surface area contributed by atoms with Crippen LogP contribution < -0.4 is 14.2 Å². The number of carbonyl (C=O) groups is 1. The van der Waals surface area contributed by atoms with E-state index in [0.29, 0.717) is 17.1 Å². The van der Waals surface area contributed by atoms with Gasteiger partial charge < -0.3 is 18.9 Å². The zero-order valence-corrected chi connectivity index (χ0v) is 11.5. The molecule has 0 heterocycles. The third-order valence-corrected chi connectivity index (χ3v) is 2.73. The lowest BCUT2D eigenvalue weighted by molar-refractivity contribution is 0.0595. The van der Waals surface area contributed by atoms with Crippen molar-refractivity contribution in [2.45, 2.75) is 5.88 Å². The van der Waals surface area contributed by atoms with Crippen LogP contribution in [0.15, 0.2) is 6.07 Å². The van der Waals surface area contributed by atoms with Crippen LogP contribution in [0.25, 0.3) is 0 Å². The number of benzene rings is 1. The monoisotopic (exact) mass is 274 g/mol. The third-order valence-electron chi connectivity index (χ3n) is 2.45. The van der Waals surface area contributed by atoms with Crippen LogP contribution >= 0.6 is 11.6 Å². The first kappa shape index (κ1) is 14.4. The summed E-state index contributed by atoms with van der Waals surface area (Å²) in [7, 11) is 5.67. The highest BCUT2D eigenvalue weighted by Gasteiger charge is 2.25. The van der Waals surface area contributed by atoms with Gasteiger partial charge in [-0.2, -0.15) is 0 Å². The molecule has 0 bridgehead atoms. The molecule has 1 aromatic carbocycles. The van der Waals surface area contributed by atoms with E-state index in [9.17, 15) is 4.79 Å². The molecule has 0 radical (unpaired) electrons. The van der Waals surface area contributed by atoms with Gasteiger partial charge in [-0.1, -0.05) is 0 Å². The molecule has 6 heteroatoms. The van der Waals surface area contributed by atoms with Gasteiger partial charge in [0.15, 0.2) is 11.5 Å². The van der Waals surface area contributed by atoms with E-state index in [1.54, 1.807) is 6.07 Å². The van der Waals surface area contributed by atoms with Gasteiger partial charge in [-0.15, -0.1) is 11.6 Å². The van der Waals surface area contributed by atoms with Gasteiger partial charge in [0, 0.05) is 5.88 Å². The Kier molecular flexibility index (Phi) is 5.09. The molecule has 0 unspecified atom stereocenters. The van der Waals surface area contributed by atoms with Gasteiger partial charge in [-0.05, 0) is 11.6 Å². The summed E-state index contributed by atoms with van der Waals surface area (Å²) in [6.45, 7) is 0. The summed E-state index contributed by atoms with van der Waals surface area (Å²) in [5.74, 6) is 0.607. The standard InChI is InChI=1S/C12H15ClO5/c1-15-8-5-7(6-13)9(12(14)18-4)11(17-3)10(8)16-2/h5H,6H2,1-4H3. The van der Waals surface area contributed by atoms with Crippen molar-refractivity contribution in [1.82, 2.24) is 0 Å². The summed E-state index contributed by atoms with van der Waals surface area (Å²) in [4.78, 5) is 11.8. The van der Waals surface area contributed by atoms with Crippen molar-refractivity contribution >= 4 is 17.6 Å². The van der Waals surface area contributed by atoms with Crippen molar-refractivity contribution in [3.05, 3.63) is 17.2 Å². The Balaban J connectivity index is 3.60. The van der Waals surface area contributed by atoms with E-state index in [0.717, 1.165) is 0 Å². The quantitative estimate of drug-likeness (QED) is 0.609. The van der Waals surface area contributed by atoms with Crippen molar-refractivity contribution in [3.8, 4) is 17.2 Å². The second-order valence-corrected chi connectivity index (χ2v) is 3.57. The molecule has 100 valence electrons. The van der Waals surface area contributed by atoms with Gasteiger partial charge in [0.05, 0.1) is 28.4 Å². The molecule has 0 saturated carbocycles. The topological polar surface area (TPSA) is 54.0 Å². The predicted octanol–water partition coefficient (Wildman–Crippen LogP) is 2.24. The molecule has 1 aromatic rings. The fourth-order valence-corrected chi connectivity index (χ4v) is 1.85. The highest BCUT2D eigenvalue weighted by Crippen LogP contribution is 2.42. The smallest absolute Gasteiger partial charge is 0.342 e. The van der Waals surface area contributed by atoms with E-state index in [1.165, 1.54) is 28.4 Å². The summed E-state index contributed by atoms with van der Waals surface area (Å²) in [5.41, 5.74) is 0.797. The summed E-state index contributed by atoms with van der Waals surface area (Å²) in [5, 5.41) is 0. The van der Waals surface area contributed by atoms with E-state index in [2.05, 4.69) is 0 Å². The molecule has 0 atom stereocenters. The second kappa shape index (κ2) is 6.35. The second-order valence-electron chi connectivity index (χ2n) is 3.30. The molecular weight excluding hydrogens is 260 g/mol. The lowest BCUT2D eigenvalue weighted by Crippen LogP contribution is -2.09. The highest BCUT2D eigenvalue weighted by atomic mass is 35.5. The molecule has 1 rings (SSSR count). The van der Waals surface area contributed by atoms with Gasteiger partial charge in [0.2, 0.25) is 5.75 Å². The van der Waals surface area contributed by atoms with Crippen LogP contribution in [0.5, 0.6) is 17.2 Å². The number of ether oxygens (including phenoxy) is 4. The molecular formula is C12H15ClO5. The average molecular weight is 275 g/mol. The minimum absolute atomic E-state index is 0.126. The predicted molar refractivity (Wildman–Crippen MR) is 67.0 cm³/mol. The van der Waals surface area contributed by atoms with Gasteiger partial charge in [0.1, 0.15) is 5.56 Å². The molecule has 5 nitrogen and oxygen atoms in total. The Morgan fingerprint density at radius 2 is 1.72 bits per heavy atom. The van der Waals surface area contributed by atoms with E-state index in [4.69, 9.17) is 30.5 Å². The van der Waals surface area contributed by atoms with E-state index >= 15 is 0 Å². The largest absolute Gasteiger partial charge is 0.493 e. The fraction of sp³-hybridized carbons (Fsp3) is 0.417. The Morgan fingerprint density at radius 3 is 2.11 bits per heavy atom. The van der Waals surface area contributed by atoms with Crippen LogP contribution in [0, 0.1) is 0 Å². The first-order chi connectivity index (χ1) is 8.64. The molecule has 0 amide bonds. The number of carbonyl (C=O) groups excluding carboxylic acids is 1. The van der Waals surface area contributed by atoms with Crippen molar-refractivity contribution in [2.24, 2.45) is 0 Å². The Morgan fingerprint density at radius 1 is 1.11 bits per heavy atom. The maximum atomic E-state index is 11.8. The zero-order valence-electron chi connectivity index (χ0n) is 10.7. The van der Waals surface area contributed by atoms with E-state index in [1.807, 2.05) is 0 Å². The minimum Gasteiger partial charge on any atom is -0.493 e. The van der Waals surface area contributed by atoms with Crippen LogP contribution in [-0.2, 0) is 10.6 Å². The number of hydrogen-bond acceptors (Lipinski definition) is 5. The molecule has 0 saturated heterocycles. The zero-order chi connectivity index (χ0) is 13.7. The molecule has 0 N–H and O–H groups in total. The Labute approximate surface area is 111 Å². The maximum absolute atomic E-state index is 11.8. The first-order valence-corrected chi connectivity index (χ1v) is 5.64. The molecule has 18 heavy (non-hydrogen) atoms. The number of esters is 1. The van der Waals surface area contributed by atoms with Crippen molar-refractivity contribution in [2.75, 3.05) is 28.4 Å². The van der Waals surface area contributed by atoms with Crippen LogP contribution in [0.4, 0.5) is 0 Å². The van der Waals surface area contributed by atoms with Crippen LogP contribution in [0.3, 0.4) is 0 Å². The summed E-state index contributed by atoms with van der Waals surface area (Å²) >= 11 is 5.83. The summed E-state index contributed by atoms with van der Waals surface area (Å²) < 4.78 is 20.3. The molecule has 0 spiro atoms. The van der Waals surface area contributed by atoms with Gasteiger partial charge in [-0.3, -0.25) is 0 Å². The molecule has 0 fully saturated rings. The summed E-state index contributed by atoms with van der Waals surface area (Å²) in [6, 6.07) is 1.63. The normalized spacial score (nSPS) is 9.83. The van der Waals surface area contributed by atoms with E-state index in [-0.39, 0.29) is 17.2 Å². The van der Waals surface area contributed by atoms with Crippen LogP contribution in [0.1, 0.15) is 15.9 Å². The molecule has 0 aliphatic rings.